The van der Waals surface area contributed by atoms with Gasteiger partial charge >= 0.3 is 6.09 Å². The Balaban J connectivity index is 1.70. The molecule has 1 fully saturated rings. The number of hydrogen-bond donors (Lipinski definition) is 1. The number of thiazole rings is 1. The Kier molecular flexibility index (Phi) is 5.21. The van der Waals surface area contributed by atoms with Crippen LogP contribution in [0.4, 0.5) is 9.93 Å². The van der Waals surface area contributed by atoms with Gasteiger partial charge in [-0.1, -0.05) is 11.3 Å². The van der Waals surface area contributed by atoms with Crippen LogP contribution in [0, 0.1) is 5.92 Å². The average Bonchev–Trinajstić information content (AvgIpc) is 3.05. The zero-order valence-electron chi connectivity index (χ0n) is 15.6. The fourth-order valence-corrected chi connectivity index (χ4v) is 5.22. The number of nitrogens with two attached hydrogens (primary N) is 1. The molecule has 0 aromatic carbocycles. The lowest BCUT2D eigenvalue weighted by atomic mass is 10.1. The van der Waals surface area contributed by atoms with E-state index < -0.39 is 15.6 Å². The highest BCUT2D eigenvalue weighted by molar-refractivity contribution is 7.89. The molecule has 0 spiro atoms. The minimum absolute atomic E-state index is 0.144. The van der Waals surface area contributed by atoms with Crippen molar-refractivity contribution in [2.45, 2.75) is 45.8 Å². The van der Waals surface area contributed by atoms with Crippen molar-refractivity contribution in [3.8, 4) is 0 Å². The van der Waals surface area contributed by atoms with Gasteiger partial charge < -0.3 is 9.64 Å². The Labute approximate surface area is 162 Å². The molecule has 0 radical (unpaired) electrons. The molecule has 27 heavy (non-hydrogen) atoms. The Hall–Kier alpha value is -1.72. The number of fused-ring (bicyclic) bond motifs is 1. The van der Waals surface area contributed by atoms with E-state index in [0.717, 1.165) is 10.6 Å². The molecule has 2 N–H and O–H groups in total. The maximum absolute atomic E-state index is 12.3. The van der Waals surface area contributed by atoms with Gasteiger partial charge in [0.2, 0.25) is 15.9 Å². The number of carbonyl (C=O) groups excluding carboxylic acids is 2. The molecular weight excluding hydrogens is 392 g/mol. The molecule has 150 valence electrons. The molecule has 1 aromatic rings. The van der Waals surface area contributed by atoms with Crippen LogP contribution in [-0.4, -0.2) is 54.7 Å². The van der Waals surface area contributed by atoms with Gasteiger partial charge in [0.25, 0.3) is 0 Å². The Morgan fingerprint density at radius 2 is 2.11 bits per heavy atom. The number of ether oxygens (including phenoxy) is 1. The quantitative estimate of drug-likeness (QED) is 0.786. The van der Waals surface area contributed by atoms with Gasteiger partial charge in [-0.3, -0.25) is 9.69 Å². The molecule has 2 aliphatic rings. The lowest BCUT2D eigenvalue weighted by molar-refractivity contribution is -0.117. The Morgan fingerprint density at radius 3 is 2.74 bits per heavy atom. The molecule has 0 bridgehead atoms. The monoisotopic (exact) mass is 416 g/mol. The average molecular weight is 417 g/mol. The van der Waals surface area contributed by atoms with Gasteiger partial charge in [-0.2, -0.15) is 0 Å². The van der Waals surface area contributed by atoms with Crippen LogP contribution in [0.3, 0.4) is 0 Å². The van der Waals surface area contributed by atoms with Crippen LogP contribution in [0.1, 0.15) is 37.8 Å². The Bertz CT molecular complexity index is 859. The normalized spacial score (nSPS) is 20.7. The number of anilines is 1. The second-order valence-corrected chi connectivity index (χ2v) is 10.6. The van der Waals surface area contributed by atoms with E-state index in [1.165, 1.54) is 16.2 Å². The number of aromatic nitrogens is 1. The van der Waals surface area contributed by atoms with Crippen molar-refractivity contribution in [2.75, 3.05) is 23.7 Å². The molecule has 3 heterocycles. The molecule has 11 heteroatoms. The highest BCUT2D eigenvalue weighted by atomic mass is 32.2. The summed E-state index contributed by atoms with van der Waals surface area (Å²) in [5, 5.41) is 5.64. The van der Waals surface area contributed by atoms with Crippen LogP contribution in [0.2, 0.25) is 0 Å². The Morgan fingerprint density at radius 1 is 1.41 bits per heavy atom. The minimum atomic E-state index is -3.62. The topological polar surface area (TPSA) is 123 Å². The molecule has 0 aliphatic carbocycles. The first-order chi connectivity index (χ1) is 12.4. The molecule has 1 aromatic heterocycles. The standard InChI is InChI=1S/C16H24N4O5S2/c1-16(2,3)25-15(22)19-5-4-11-12(8-19)26-14(18-11)20-7-10(6-13(20)21)9-27(17,23)24/h10H,4-9H2,1-3H3,(H2,17,23,24). The zero-order valence-corrected chi connectivity index (χ0v) is 17.2. The summed E-state index contributed by atoms with van der Waals surface area (Å²) in [5.74, 6) is -0.697. The molecule has 1 unspecified atom stereocenters. The van der Waals surface area contributed by atoms with Crippen LogP contribution in [0.5, 0.6) is 0 Å². The van der Waals surface area contributed by atoms with E-state index >= 15 is 0 Å². The highest BCUT2D eigenvalue weighted by Crippen LogP contribution is 2.34. The first kappa shape index (κ1) is 20.0. The molecule has 0 saturated carbocycles. The van der Waals surface area contributed by atoms with E-state index in [9.17, 15) is 18.0 Å². The van der Waals surface area contributed by atoms with Crippen molar-refractivity contribution in [2.24, 2.45) is 11.1 Å². The van der Waals surface area contributed by atoms with Crippen molar-refractivity contribution < 1.29 is 22.7 Å². The van der Waals surface area contributed by atoms with Gasteiger partial charge in [0.05, 0.1) is 18.0 Å². The summed E-state index contributed by atoms with van der Waals surface area (Å²) in [6, 6.07) is 0. The third-order valence-corrected chi connectivity index (χ3v) is 6.32. The highest BCUT2D eigenvalue weighted by Gasteiger charge is 2.36. The summed E-state index contributed by atoms with van der Waals surface area (Å²) in [6.07, 6.45) is 0.367. The van der Waals surface area contributed by atoms with Crippen LogP contribution in [-0.2, 0) is 32.5 Å². The number of primary sulfonamides is 1. The lowest BCUT2D eigenvalue weighted by Crippen LogP contribution is -2.39. The van der Waals surface area contributed by atoms with Gasteiger partial charge in [-0.25, -0.2) is 23.3 Å². The smallest absolute Gasteiger partial charge is 0.410 e. The lowest BCUT2D eigenvalue weighted by Gasteiger charge is -2.29. The third kappa shape index (κ3) is 4.96. The number of nitrogens with zero attached hydrogens (tertiary/aromatic N) is 3. The molecule has 2 aliphatic heterocycles. The van der Waals surface area contributed by atoms with Crippen molar-refractivity contribution in [3.05, 3.63) is 10.6 Å². The van der Waals surface area contributed by atoms with Gasteiger partial charge in [0.1, 0.15) is 5.60 Å². The molecule has 2 amide bonds. The SMILES string of the molecule is CC(C)(C)OC(=O)N1CCc2nc(N3CC(CS(N)(=O)=O)CC3=O)sc2C1. The number of amides is 2. The minimum Gasteiger partial charge on any atom is -0.444 e. The van der Waals surface area contributed by atoms with Crippen molar-refractivity contribution >= 4 is 38.5 Å². The van der Waals surface area contributed by atoms with Crippen molar-refractivity contribution in [3.63, 3.8) is 0 Å². The van der Waals surface area contributed by atoms with Crippen LogP contribution >= 0.6 is 11.3 Å². The van der Waals surface area contributed by atoms with Gasteiger partial charge in [0.15, 0.2) is 5.13 Å². The van der Waals surface area contributed by atoms with Gasteiger partial charge in [-0.15, -0.1) is 0 Å². The van der Waals surface area contributed by atoms with Gasteiger partial charge in [-0.05, 0) is 20.8 Å². The fourth-order valence-electron chi connectivity index (χ4n) is 3.19. The summed E-state index contributed by atoms with van der Waals surface area (Å²) in [6.45, 7) is 6.65. The van der Waals surface area contributed by atoms with Crippen molar-refractivity contribution in [1.29, 1.82) is 0 Å². The van der Waals surface area contributed by atoms with E-state index in [4.69, 9.17) is 9.88 Å². The predicted octanol–water partition coefficient (Wildman–Crippen LogP) is 1.08. The first-order valence-electron chi connectivity index (χ1n) is 8.68. The summed E-state index contributed by atoms with van der Waals surface area (Å²) < 4.78 is 28.0. The predicted molar refractivity (Wildman–Crippen MR) is 101 cm³/mol. The molecule has 1 atom stereocenters. The van der Waals surface area contributed by atoms with E-state index in [0.29, 0.717) is 24.6 Å². The zero-order chi connectivity index (χ0) is 20.0. The summed E-state index contributed by atoms with van der Waals surface area (Å²) in [5.41, 5.74) is 0.314. The summed E-state index contributed by atoms with van der Waals surface area (Å²) in [7, 11) is -3.62. The second-order valence-electron chi connectivity index (χ2n) is 7.92. The number of hydrogen-bond acceptors (Lipinski definition) is 7. The summed E-state index contributed by atoms with van der Waals surface area (Å²) >= 11 is 1.36. The van der Waals surface area contributed by atoms with E-state index in [-0.39, 0.29) is 36.6 Å². The maximum atomic E-state index is 12.3. The van der Waals surface area contributed by atoms with E-state index in [1.807, 2.05) is 20.8 Å². The van der Waals surface area contributed by atoms with E-state index in [1.54, 1.807) is 4.90 Å². The van der Waals surface area contributed by atoms with Crippen molar-refractivity contribution in [1.82, 2.24) is 9.88 Å². The maximum Gasteiger partial charge on any atom is 0.410 e. The fraction of sp³-hybridized carbons (Fsp3) is 0.688. The first-order valence-corrected chi connectivity index (χ1v) is 11.2. The molecule has 1 saturated heterocycles. The van der Waals surface area contributed by atoms with Crippen LogP contribution in [0.25, 0.3) is 0 Å². The van der Waals surface area contributed by atoms with Crippen LogP contribution < -0.4 is 10.0 Å². The summed E-state index contributed by atoms with van der Waals surface area (Å²) in [4.78, 5) is 33.2. The van der Waals surface area contributed by atoms with Crippen LogP contribution in [0.15, 0.2) is 0 Å². The van der Waals surface area contributed by atoms with Gasteiger partial charge in [0, 0.05) is 36.7 Å². The molecular formula is C16H24N4O5S2. The second kappa shape index (κ2) is 7.02. The largest absolute Gasteiger partial charge is 0.444 e. The molecule has 3 rings (SSSR count). The van der Waals surface area contributed by atoms with E-state index in [2.05, 4.69) is 4.98 Å². The third-order valence-electron chi connectivity index (χ3n) is 4.28. The molecule has 9 nitrogen and oxygen atoms in total. The number of carbonyl (C=O) groups is 2. The number of sulfonamides is 1. The number of rotatable bonds is 3.